The Kier molecular flexibility index (Phi) is 2.53. The van der Waals surface area contributed by atoms with E-state index in [0.717, 1.165) is 0 Å². The van der Waals surface area contributed by atoms with Crippen molar-refractivity contribution in [3.05, 3.63) is 12.0 Å². The fourth-order valence-electron chi connectivity index (χ4n) is 0.641. The summed E-state index contributed by atoms with van der Waals surface area (Å²) in [5.74, 6) is -0.421. The van der Waals surface area contributed by atoms with Crippen LogP contribution in [0.5, 0.6) is 0 Å². The molecule has 4 nitrogen and oxygen atoms in total. The quantitative estimate of drug-likeness (QED) is 0.514. The molecule has 1 aromatic heterocycles. The Labute approximate surface area is 69.4 Å². The summed E-state index contributed by atoms with van der Waals surface area (Å²) in [6.07, 6.45) is 1.40. The molecule has 0 spiro atoms. The summed E-state index contributed by atoms with van der Waals surface area (Å²) in [6.45, 7) is 2.09. The van der Waals surface area contributed by atoms with Crippen LogP contribution in [-0.4, -0.2) is 22.5 Å². The van der Waals surface area contributed by atoms with E-state index in [1.807, 2.05) is 0 Å². The van der Waals surface area contributed by atoms with Crippen LogP contribution in [0, 0.1) is 0 Å². The normalized spacial score (nSPS) is 9.64. The number of H-pyrrole nitrogens is 1. The molecule has 60 valence electrons. The average Bonchev–Trinajstić information content (AvgIpc) is 2.36. The van der Waals surface area contributed by atoms with Gasteiger partial charge in [-0.25, -0.2) is 9.78 Å². The first kappa shape index (κ1) is 8.13. The zero-order valence-corrected chi connectivity index (χ0v) is 6.89. The summed E-state index contributed by atoms with van der Waals surface area (Å²) in [7, 11) is 0. The highest BCUT2D eigenvalue weighted by molar-refractivity contribution is 7.80. The molecule has 0 aliphatic heterocycles. The summed E-state index contributed by atoms with van der Waals surface area (Å²) in [6, 6.07) is 0. The molecule has 5 heteroatoms. The number of nitrogens with one attached hydrogen (secondary N) is 1. The first-order valence-electron chi connectivity index (χ1n) is 3.15. The van der Waals surface area contributed by atoms with Crippen molar-refractivity contribution in [2.45, 2.75) is 11.9 Å². The van der Waals surface area contributed by atoms with Gasteiger partial charge in [0.25, 0.3) is 0 Å². The van der Waals surface area contributed by atoms with Crippen molar-refractivity contribution in [1.82, 2.24) is 9.97 Å². The van der Waals surface area contributed by atoms with E-state index in [2.05, 4.69) is 22.6 Å². The van der Waals surface area contributed by atoms with Gasteiger partial charge in [-0.1, -0.05) is 0 Å². The van der Waals surface area contributed by atoms with Crippen LogP contribution in [0.15, 0.2) is 11.4 Å². The highest BCUT2D eigenvalue weighted by atomic mass is 32.1. The molecule has 1 heterocycles. The van der Waals surface area contributed by atoms with Gasteiger partial charge in [-0.3, -0.25) is 0 Å². The summed E-state index contributed by atoms with van der Waals surface area (Å²) in [5.41, 5.74) is 0.301. The van der Waals surface area contributed by atoms with Crippen LogP contribution in [0.3, 0.4) is 0 Å². The number of aromatic nitrogens is 2. The summed E-state index contributed by atoms with van der Waals surface area (Å²) >= 11 is 3.94. The molecule has 0 aromatic carbocycles. The lowest BCUT2D eigenvalue weighted by Crippen LogP contribution is -2.05. The number of carbonyl (C=O) groups is 1. The Morgan fingerprint density at radius 1 is 1.91 bits per heavy atom. The van der Waals surface area contributed by atoms with Crippen LogP contribution in [0.25, 0.3) is 0 Å². The van der Waals surface area contributed by atoms with Gasteiger partial charge < -0.3 is 9.72 Å². The van der Waals surface area contributed by atoms with Crippen molar-refractivity contribution in [2.75, 3.05) is 6.61 Å². The number of esters is 1. The Balaban J connectivity index is 2.76. The van der Waals surface area contributed by atoms with Gasteiger partial charge in [-0.15, -0.1) is 12.6 Å². The van der Waals surface area contributed by atoms with Crippen LogP contribution in [0.4, 0.5) is 0 Å². The van der Waals surface area contributed by atoms with E-state index in [4.69, 9.17) is 4.74 Å². The van der Waals surface area contributed by atoms with Gasteiger partial charge in [0.1, 0.15) is 5.03 Å². The molecule has 0 atom stereocenters. The smallest absolute Gasteiger partial charge is 0.357 e. The standard InChI is InChI=1S/C6H8N2O2S/c1-2-10-6(9)4-5(11)8-3-7-4/h3,11H,2H2,1H3,(H,7,8). The Bertz CT molecular complexity index is 259. The third-order valence-corrected chi connectivity index (χ3v) is 1.44. The van der Waals surface area contributed by atoms with Gasteiger partial charge in [0.2, 0.25) is 0 Å². The largest absolute Gasteiger partial charge is 0.461 e. The predicted octanol–water partition coefficient (Wildman–Crippen LogP) is 0.875. The highest BCUT2D eigenvalue weighted by Gasteiger charge is 2.11. The molecular formula is C6H8N2O2S. The van der Waals surface area contributed by atoms with Crippen molar-refractivity contribution >= 4 is 18.6 Å². The number of nitrogens with zero attached hydrogens (tertiary/aromatic N) is 1. The Morgan fingerprint density at radius 3 is 3.09 bits per heavy atom. The number of ether oxygens (including phenoxy) is 1. The molecular weight excluding hydrogens is 164 g/mol. The lowest BCUT2D eigenvalue weighted by atomic mass is 10.5. The third kappa shape index (κ3) is 1.74. The minimum Gasteiger partial charge on any atom is -0.461 e. The van der Waals surface area contributed by atoms with Gasteiger partial charge in [0.05, 0.1) is 12.9 Å². The molecule has 0 radical (unpaired) electrons. The third-order valence-electron chi connectivity index (χ3n) is 1.10. The Morgan fingerprint density at radius 2 is 2.64 bits per heavy atom. The van der Waals surface area contributed by atoms with E-state index in [-0.39, 0.29) is 0 Å². The van der Waals surface area contributed by atoms with E-state index in [9.17, 15) is 4.79 Å². The molecule has 0 saturated carbocycles. The van der Waals surface area contributed by atoms with Crippen LogP contribution >= 0.6 is 12.6 Å². The molecule has 1 rings (SSSR count). The van der Waals surface area contributed by atoms with E-state index in [1.165, 1.54) is 6.33 Å². The minimum absolute atomic E-state index is 0.301. The SMILES string of the molecule is CCOC(=O)c1[nH]cnc1S. The van der Waals surface area contributed by atoms with Crippen molar-refractivity contribution < 1.29 is 9.53 Å². The van der Waals surface area contributed by atoms with Crippen molar-refractivity contribution in [3.8, 4) is 0 Å². The topological polar surface area (TPSA) is 55.0 Å². The first-order valence-corrected chi connectivity index (χ1v) is 3.60. The van der Waals surface area contributed by atoms with Gasteiger partial charge in [0.15, 0.2) is 5.69 Å². The molecule has 0 aliphatic carbocycles. The zero-order valence-electron chi connectivity index (χ0n) is 6.00. The number of carbonyl (C=O) groups excluding carboxylic acids is 1. The second-order valence-electron chi connectivity index (χ2n) is 1.82. The fraction of sp³-hybridized carbons (Fsp3) is 0.333. The Hall–Kier alpha value is -0.970. The minimum atomic E-state index is -0.421. The number of thiol groups is 1. The molecule has 1 N–H and O–H groups in total. The van der Waals surface area contributed by atoms with Crippen molar-refractivity contribution in [2.24, 2.45) is 0 Å². The van der Waals surface area contributed by atoms with E-state index in [0.29, 0.717) is 17.3 Å². The maximum absolute atomic E-state index is 11.0. The number of aromatic amines is 1. The van der Waals surface area contributed by atoms with Crippen LogP contribution in [-0.2, 0) is 4.74 Å². The molecule has 0 amide bonds. The van der Waals surface area contributed by atoms with Gasteiger partial charge in [-0.2, -0.15) is 0 Å². The van der Waals surface area contributed by atoms with Crippen LogP contribution in [0.2, 0.25) is 0 Å². The van der Waals surface area contributed by atoms with E-state index < -0.39 is 5.97 Å². The van der Waals surface area contributed by atoms with Crippen LogP contribution < -0.4 is 0 Å². The maximum atomic E-state index is 11.0. The van der Waals surface area contributed by atoms with Gasteiger partial charge in [-0.05, 0) is 6.92 Å². The number of hydrogen-bond acceptors (Lipinski definition) is 4. The molecule has 1 aromatic rings. The summed E-state index contributed by atoms with van der Waals surface area (Å²) in [4.78, 5) is 17.3. The van der Waals surface area contributed by atoms with Gasteiger partial charge >= 0.3 is 5.97 Å². The summed E-state index contributed by atoms with van der Waals surface area (Å²) in [5, 5.41) is 0.364. The summed E-state index contributed by atoms with van der Waals surface area (Å²) < 4.78 is 4.71. The zero-order chi connectivity index (χ0) is 8.27. The number of hydrogen-bond donors (Lipinski definition) is 2. The van der Waals surface area contributed by atoms with Crippen molar-refractivity contribution in [1.29, 1.82) is 0 Å². The van der Waals surface area contributed by atoms with E-state index in [1.54, 1.807) is 6.92 Å². The van der Waals surface area contributed by atoms with Crippen LogP contribution in [0.1, 0.15) is 17.4 Å². The molecule has 0 saturated heterocycles. The first-order chi connectivity index (χ1) is 5.25. The highest BCUT2D eigenvalue weighted by Crippen LogP contribution is 2.07. The lowest BCUT2D eigenvalue weighted by Gasteiger charge is -1.97. The van der Waals surface area contributed by atoms with Gasteiger partial charge in [0, 0.05) is 0 Å². The predicted molar refractivity (Wildman–Crippen MR) is 41.8 cm³/mol. The fourth-order valence-corrected chi connectivity index (χ4v) is 0.854. The number of rotatable bonds is 2. The monoisotopic (exact) mass is 172 g/mol. The second-order valence-corrected chi connectivity index (χ2v) is 2.25. The molecule has 0 aliphatic rings. The molecule has 0 bridgehead atoms. The number of imidazole rings is 1. The average molecular weight is 172 g/mol. The molecule has 0 unspecified atom stereocenters. The van der Waals surface area contributed by atoms with E-state index >= 15 is 0 Å². The molecule has 11 heavy (non-hydrogen) atoms. The molecule has 0 fully saturated rings. The maximum Gasteiger partial charge on any atom is 0.357 e. The second kappa shape index (κ2) is 3.43. The van der Waals surface area contributed by atoms with Crippen molar-refractivity contribution in [3.63, 3.8) is 0 Å². The lowest BCUT2D eigenvalue weighted by molar-refractivity contribution is 0.0516.